The number of benzene rings is 1. The summed E-state index contributed by atoms with van der Waals surface area (Å²) in [7, 11) is 0. The van der Waals surface area contributed by atoms with E-state index in [9.17, 15) is 4.79 Å². The molecule has 1 saturated carbocycles. The maximum absolute atomic E-state index is 12.9. The minimum absolute atomic E-state index is 0.0213. The second kappa shape index (κ2) is 7.30. The summed E-state index contributed by atoms with van der Waals surface area (Å²) in [6.07, 6.45) is 7.17. The Bertz CT molecular complexity index is 835. The van der Waals surface area contributed by atoms with E-state index in [0.29, 0.717) is 23.6 Å². The van der Waals surface area contributed by atoms with Crippen molar-refractivity contribution in [3.8, 4) is 11.5 Å². The van der Waals surface area contributed by atoms with Gasteiger partial charge in [-0.1, -0.05) is 12.1 Å². The molecular weight excluding hydrogens is 356 g/mol. The summed E-state index contributed by atoms with van der Waals surface area (Å²) >= 11 is 0. The molecule has 7 nitrogen and oxygen atoms in total. The average molecular weight is 380 g/mol. The first kappa shape index (κ1) is 17.3. The predicted octanol–water partition coefficient (Wildman–Crippen LogP) is 2.28. The number of carbonyl (C=O) groups excluding carboxylic acids is 1. The summed E-state index contributed by atoms with van der Waals surface area (Å²) in [5.74, 6) is 2.37. The third kappa shape index (κ3) is 3.37. The van der Waals surface area contributed by atoms with Crippen molar-refractivity contribution in [1.82, 2.24) is 14.9 Å². The van der Waals surface area contributed by atoms with Crippen LogP contribution in [0.2, 0.25) is 0 Å². The van der Waals surface area contributed by atoms with Gasteiger partial charge in [-0.3, -0.25) is 4.79 Å². The van der Waals surface area contributed by atoms with Crippen LogP contribution in [0.4, 0.5) is 5.82 Å². The Hall–Kier alpha value is -2.83. The first-order valence-electron chi connectivity index (χ1n) is 10.0. The molecule has 2 aliphatic heterocycles. The quantitative estimate of drug-likeness (QED) is 0.811. The number of fused-ring (bicyclic) bond motifs is 1. The summed E-state index contributed by atoms with van der Waals surface area (Å²) in [4.78, 5) is 25.8. The van der Waals surface area contributed by atoms with E-state index in [-0.39, 0.29) is 12.5 Å². The van der Waals surface area contributed by atoms with Crippen LogP contribution in [-0.2, 0) is 4.79 Å². The highest BCUT2D eigenvalue weighted by molar-refractivity contribution is 5.82. The Kier molecular flexibility index (Phi) is 4.50. The Morgan fingerprint density at radius 1 is 1.04 bits per heavy atom. The zero-order valence-electron chi connectivity index (χ0n) is 15.7. The summed E-state index contributed by atoms with van der Waals surface area (Å²) in [6, 6.07) is 10.5. The molecule has 2 aromatic rings. The number of ether oxygens (including phenoxy) is 2. The number of carbonyl (C=O) groups is 1. The van der Waals surface area contributed by atoms with E-state index in [1.165, 1.54) is 12.8 Å². The highest BCUT2D eigenvalue weighted by Crippen LogP contribution is 2.35. The molecular formula is C21H24N4O3. The second-order valence-electron chi connectivity index (χ2n) is 7.63. The van der Waals surface area contributed by atoms with Crippen molar-refractivity contribution < 1.29 is 14.3 Å². The van der Waals surface area contributed by atoms with E-state index in [1.807, 2.05) is 35.2 Å². The molecule has 146 valence electrons. The van der Waals surface area contributed by atoms with Gasteiger partial charge in [0.15, 0.2) is 11.5 Å². The lowest BCUT2D eigenvalue weighted by atomic mass is 10.0. The maximum Gasteiger partial charge on any atom is 0.267 e. The van der Waals surface area contributed by atoms with Crippen molar-refractivity contribution in [2.45, 2.75) is 43.9 Å². The summed E-state index contributed by atoms with van der Waals surface area (Å²) in [5, 5.41) is 0. The van der Waals surface area contributed by atoms with Gasteiger partial charge in [-0.2, -0.15) is 0 Å². The first-order chi connectivity index (χ1) is 13.8. The summed E-state index contributed by atoms with van der Waals surface area (Å²) in [6.45, 7) is 1.74. The fourth-order valence-electron chi connectivity index (χ4n) is 4.17. The highest BCUT2D eigenvalue weighted by atomic mass is 16.6. The van der Waals surface area contributed by atoms with Crippen molar-refractivity contribution in [1.29, 1.82) is 0 Å². The molecule has 7 heteroatoms. The molecule has 2 fully saturated rings. The van der Waals surface area contributed by atoms with Crippen LogP contribution in [0.1, 0.15) is 25.7 Å². The summed E-state index contributed by atoms with van der Waals surface area (Å²) < 4.78 is 11.6. The van der Waals surface area contributed by atoms with Crippen molar-refractivity contribution in [2.75, 3.05) is 24.6 Å². The standard InChI is InChI=1S/C21H24N4O3/c26-21(19-13-27-17-3-1-2-4-18(17)28-19)24-11-8-16(9-12-24)25(15-5-6-15)20-7-10-22-14-23-20/h1-4,7,10,14-16,19H,5-6,8-9,11-13H2. The minimum Gasteiger partial charge on any atom is -0.485 e. The number of aromatic nitrogens is 2. The fourth-order valence-corrected chi connectivity index (χ4v) is 4.17. The van der Waals surface area contributed by atoms with Crippen LogP contribution in [-0.4, -0.2) is 58.7 Å². The first-order valence-corrected chi connectivity index (χ1v) is 10.0. The van der Waals surface area contributed by atoms with E-state index in [2.05, 4.69) is 14.9 Å². The van der Waals surface area contributed by atoms with Gasteiger partial charge in [0.1, 0.15) is 18.8 Å². The second-order valence-corrected chi connectivity index (χ2v) is 7.63. The Labute approximate surface area is 164 Å². The van der Waals surface area contributed by atoms with Crippen LogP contribution in [0, 0.1) is 0 Å². The molecule has 3 heterocycles. The molecule has 1 aromatic carbocycles. The Balaban J connectivity index is 1.22. The van der Waals surface area contributed by atoms with Crippen molar-refractivity contribution in [3.05, 3.63) is 42.9 Å². The number of anilines is 1. The number of piperidine rings is 1. The van der Waals surface area contributed by atoms with E-state index in [4.69, 9.17) is 9.47 Å². The van der Waals surface area contributed by atoms with Gasteiger partial charge in [0.2, 0.25) is 6.10 Å². The Morgan fingerprint density at radius 2 is 1.79 bits per heavy atom. The van der Waals surface area contributed by atoms with Gasteiger partial charge in [-0.05, 0) is 43.9 Å². The van der Waals surface area contributed by atoms with Crippen LogP contribution in [0.15, 0.2) is 42.9 Å². The lowest BCUT2D eigenvalue weighted by Crippen LogP contribution is -2.52. The van der Waals surface area contributed by atoms with Gasteiger partial charge >= 0.3 is 0 Å². The Morgan fingerprint density at radius 3 is 2.50 bits per heavy atom. The highest BCUT2D eigenvalue weighted by Gasteiger charge is 2.38. The molecule has 1 aromatic heterocycles. The number of likely N-dealkylation sites (tertiary alicyclic amines) is 1. The van der Waals surface area contributed by atoms with Crippen molar-refractivity contribution >= 4 is 11.7 Å². The molecule has 0 bridgehead atoms. The molecule has 0 spiro atoms. The van der Waals surface area contributed by atoms with Gasteiger partial charge in [-0.25, -0.2) is 9.97 Å². The number of para-hydroxylation sites is 2. The lowest BCUT2D eigenvalue weighted by Gasteiger charge is -2.40. The van der Waals surface area contributed by atoms with Gasteiger partial charge in [0.05, 0.1) is 0 Å². The summed E-state index contributed by atoms with van der Waals surface area (Å²) in [5.41, 5.74) is 0. The number of hydrogen-bond donors (Lipinski definition) is 0. The van der Waals surface area contributed by atoms with Crippen LogP contribution >= 0.6 is 0 Å². The zero-order chi connectivity index (χ0) is 18.9. The monoisotopic (exact) mass is 380 g/mol. The number of rotatable bonds is 4. The molecule has 5 rings (SSSR count). The van der Waals surface area contributed by atoms with Gasteiger partial charge in [-0.15, -0.1) is 0 Å². The number of amides is 1. The molecule has 0 radical (unpaired) electrons. The van der Waals surface area contributed by atoms with Gasteiger partial charge < -0.3 is 19.3 Å². The number of nitrogens with zero attached hydrogens (tertiary/aromatic N) is 4. The zero-order valence-corrected chi connectivity index (χ0v) is 15.7. The van der Waals surface area contributed by atoms with Crippen LogP contribution in [0.25, 0.3) is 0 Å². The molecule has 1 saturated heterocycles. The molecule has 28 heavy (non-hydrogen) atoms. The largest absolute Gasteiger partial charge is 0.485 e. The molecule has 1 atom stereocenters. The molecule has 0 N–H and O–H groups in total. The smallest absolute Gasteiger partial charge is 0.267 e. The van der Waals surface area contributed by atoms with Crippen LogP contribution in [0.5, 0.6) is 11.5 Å². The van der Waals surface area contributed by atoms with Crippen LogP contribution in [0.3, 0.4) is 0 Å². The topological polar surface area (TPSA) is 67.8 Å². The van der Waals surface area contributed by atoms with Crippen molar-refractivity contribution in [3.63, 3.8) is 0 Å². The van der Waals surface area contributed by atoms with Crippen molar-refractivity contribution in [2.24, 2.45) is 0 Å². The van der Waals surface area contributed by atoms with Crippen LogP contribution < -0.4 is 14.4 Å². The predicted molar refractivity (Wildman–Crippen MR) is 103 cm³/mol. The van der Waals surface area contributed by atoms with E-state index in [0.717, 1.165) is 31.7 Å². The molecule has 1 aliphatic carbocycles. The average Bonchev–Trinajstić information content (AvgIpc) is 3.59. The normalized spacial score (nSPS) is 22.0. The molecule has 1 amide bonds. The molecule has 3 aliphatic rings. The minimum atomic E-state index is -0.562. The van der Waals surface area contributed by atoms with E-state index < -0.39 is 6.10 Å². The van der Waals surface area contributed by atoms with E-state index in [1.54, 1.807) is 12.5 Å². The maximum atomic E-state index is 12.9. The molecule has 1 unspecified atom stereocenters. The SMILES string of the molecule is O=C(C1COc2ccccc2O1)N1CCC(N(c2ccncn2)C2CC2)CC1. The van der Waals surface area contributed by atoms with Gasteiger partial charge in [0, 0.05) is 31.4 Å². The number of hydrogen-bond acceptors (Lipinski definition) is 6. The third-order valence-electron chi connectivity index (χ3n) is 5.72. The fraction of sp³-hybridized carbons (Fsp3) is 0.476. The van der Waals surface area contributed by atoms with E-state index >= 15 is 0 Å². The third-order valence-corrected chi connectivity index (χ3v) is 5.72. The lowest BCUT2D eigenvalue weighted by molar-refractivity contribution is -0.142. The van der Waals surface area contributed by atoms with Gasteiger partial charge in [0.25, 0.3) is 5.91 Å².